The second-order valence-corrected chi connectivity index (χ2v) is 7.02. The molecule has 0 aliphatic carbocycles. The number of carbonyl (C=O) groups excluding carboxylic acids is 1. The first-order valence-corrected chi connectivity index (χ1v) is 9.17. The van der Waals surface area contributed by atoms with Gasteiger partial charge in [0.25, 0.3) is 11.6 Å². The monoisotopic (exact) mass is 408 g/mol. The summed E-state index contributed by atoms with van der Waals surface area (Å²) in [5.41, 5.74) is 1.43. The quantitative estimate of drug-likeness (QED) is 0.292. The number of terminal acetylenes is 1. The molecule has 0 saturated heterocycles. The molecule has 4 aromatic rings. The van der Waals surface area contributed by atoms with Gasteiger partial charge in [0.2, 0.25) is 0 Å². The molecule has 0 bridgehead atoms. The van der Waals surface area contributed by atoms with E-state index in [1.807, 2.05) is 0 Å². The fourth-order valence-corrected chi connectivity index (χ4v) is 4.03. The van der Waals surface area contributed by atoms with E-state index in [4.69, 9.17) is 10.8 Å². The van der Waals surface area contributed by atoms with Crippen LogP contribution in [0.1, 0.15) is 0 Å². The SMILES string of the molecule is C#CCn1c(=NC(=O)Cn2c(=O)oc3ccccc32)sc2cc([N+](=O)[O-])ccc21. The van der Waals surface area contributed by atoms with Crippen LogP contribution in [0.25, 0.3) is 21.3 Å². The van der Waals surface area contributed by atoms with Gasteiger partial charge in [-0.2, -0.15) is 4.99 Å². The van der Waals surface area contributed by atoms with E-state index < -0.39 is 16.6 Å². The van der Waals surface area contributed by atoms with E-state index in [2.05, 4.69) is 10.9 Å². The second kappa shape index (κ2) is 7.21. The number of non-ortho nitro benzene ring substituents is 1. The summed E-state index contributed by atoms with van der Waals surface area (Å²) >= 11 is 1.11. The van der Waals surface area contributed by atoms with Crippen LogP contribution in [0.5, 0.6) is 0 Å². The molecule has 1 amide bonds. The minimum absolute atomic E-state index is 0.0686. The van der Waals surface area contributed by atoms with Crippen LogP contribution >= 0.6 is 11.3 Å². The molecular formula is C19H12N4O5S. The standard InChI is InChI=1S/C19H12N4O5S/c1-2-9-21-14-8-7-12(23(26)27)10-16(14)29-18(21)20-17(24)11-22-13-5-3-4-6-15(13)28-19(22)25/h1,3-8,10H,9,11H2. The predicted octanol–water partition coefficient (Wildman–Crippen LogP) is 2.28. The molecule has 2 heterocycles. The number of hydrogen-bond acceptors (Lipinski definition) is 6. The van der Waals surface area contributed by atoms with Crippen LogP contribution in [0, 0.1) is 22.5 Å². The Kier molecular flexibility index (Phi) is 4.58. The first-order chi connectivity index (χ1) is 14.0. The van der Waals surface area contributed by atoms with Gasteiger partial charge in [-0.05, 0) is 18.2 Å². The van der Waals surface area contributed by atoms with Gasteiger partial charge in [-0.25, -0.2) is 4.79 Å². The molecule has 0 aliphatic rings. The topological polar surface area (TPSA) is 113 Å². The van der Waals surface area contributed by atoms with Crippen molar-refractivity contribution in [1.82, 2.24) is 9.13 Å². The van der Waals surface area contributed by atoms with Crippen molar-refractivity contribution in [2.75, 3.05) is 0 Å². The third-order valence-corrected chi connectivity index (χ3v) is 5.26. The Labute approximate surface area is 166 Å². The molecule has 0 fully saturated rings. The molecule has 9 nitrogen and oxygen atoms in total. The van der Waals surface area contributed by atoms with Gasteiger partial charge in [-0.15, -0.1) is 6.42 Å². The average Bonchev–Trinajstić information content (AvgIpc) is 3.19. The van der Waals surface area contributed by atoms with Crippen molar-refractivity contribution in [2.45, 2.75) is 13.1 Å². The fraction of sp³-hybridized carbons (Fsp3) is 0.105. The molecule has 2 aromatic carbocycles. The summed E-state index contributed by atoms with van der Waals surface area (Å²) in [5, 5.41) is 11.0. The number of para-hydroxylation sites is 2. The molecule has 0 saturated carbocycles. The van der Waals surface area contributed by atoms with E-state index in [1.54, 1.807) is 34.9 Å². The van der Waals surface area contributed by atoms with Crippen molar-refractivity contribution in [3.05, 3.63) is 67.9 Å². The third kappa shape index (κ3) is 3.35. The molecule has 0 aliphatic heterocycles. The highest BCUT2D eigenvalue weighted by atomic mass is 32.1. The summed E-state index contributed by atoms with van der Waals surface area (Å²) in [7, 11) is 0. The maximum atomic E-state index is 12.5. The lowest BCUT2D eigenvalue weighted by Gasteiger charge is -2.00. The van der Waals surface area contributed by atoms with Crippen molar-refractivity contribution in [1.29, 1.82) is 0 Å². The summed E-state index contributed by atoms with van der Waals surface area (Å²) in [6.45, 7) is -0.168. The lowest BCUT2D eigenvalue weighted by atomic mass is 10.3. The van der Waals surface area contributed by atoms with Gasteiger partial charge in [0, 0.05) is 12.1 Å². The number of rotatable bonds is 4. The lowest BCUT2D eigenvalue weighted by molar-refractivity contribution is -0.384. The third-order valence-electron chi connectivity index (χ3n) is 4.21. The van der Waals surface area contributed by atoms with Crippen LogP contribution in [0.2, 0.25) is 0 Å². The lowest BCUT2D eigenvalue weighted by Crippen LogP contribution is -2.22. The molecule has 0 spiro atoms. The van der Waals surface area contributed by atoms with Crippen LogP contribution < -0.4 is 10.6 Å². The van der Waals surface area contributed by atoms with E-state index in [-0.39, 0.29) is 18.8 Å². The van der Waals surface area contributed by atoms with E-state index in [9.17, 15) is 19.7 Å². The normalized spacial score (nSPS) is 11.8. The molecule has 0 radical (unpaired) electrons. The van der Waals surface area contributed by atoms with Crippen molar-refractivity contribution in [3.63, 3.8) is 0 Å². The Hall–Kier alpha value is -3.97. The van der Waals surface area contributed by atoms with Gasteiger partial charge in [-0.1, -0.05) is 29.4 Å². The predicted molar refractivity (Wildman–Crippen MR) is 106 cm³/mol. The largest absolute Gasteiger partial charge is 0.420 e. The summed E-state index contributed by atoms with van der Waals surface area (Å²) in [6, 6.07) is 11.1. The summed E-state index contributed by atoms with van der Waals surface area (Å²) in [6.07, 6.45) is 5.42. The minimum atomic E-state index is -0.654. The fourth-order valence-electron chi connectivity index (χ4n) is 2.95. The van der Waals surface area contributed by atoms with E-state index in [0.29, 0.717) is 26.1 Å². The van der Waals surface area contributed by atoms with Gasteiger partial charge in [0.05, 0.1) is 27.2 Å². The number of aromatic nitrogens is 2. The highest BCUT2D eigenvalue weighted by Crippen LogP contribution is 2.23. The minimum Gasteiger partial charge on any atom is -0.408 e. The summed E-state index contributed by atoms with van der Waals surface area (Å²) in [4.78, 5) is 39.5. The number of oxazole rings is 1. The molecule has 29 heavy (non-hydrogen) atoms. The maximum absolute atomic E-state index is 12.5. The number of carbonyl (C=O) groups is 1. The molecule has 0 atom stereocenters. The molecule has 10 heteroatoms. The molecule has 0 N–H and O–H groups in total. The van der Waals surface area contributed by atoms with Crippen molar-refractivity contribution in [2.24, 2.45) is 4.99 Å². The van der Waals surface area contributed by atoms with Gasteiger partial charge >= 0.3 is 5.76 Å². The maximum Gasteiger partial charge on any atom is 0.420 e. The number of nitro benzene ring substituents is 1. The number of fused-ring (bicyclic) bond motifs is 2. The van der Waals surface area contributed by atoms with Crippen LogP contribution in [0.4, 0.5) is 5.69 Å². The van der Waals surface area contributed by atoms with Crippen molar-refractivity contribution >= 4 is 44.2 Å². The van der Waals surface area contributed by atoms with Crippen LogP contribution in [-0.2, 0) is 17.9 Å². The Bertz CT molecular complexity index is 1450. The molecule has 4 rings (SSSR count). The molecule has 0 unspecified atom stereocenters. The molecule has 144 valence electrons. The highest BCUT2D eigenvalue weighted by Gasteiger charge is 2.14. The second-order valence-electron chi connectivity index (χ2n) is 6.01. The Morgan fingerprint density at radius 1 is 1.24 bits per heavy atom. The smallest absolute Gasteiger partial charge is 0.408 e. The number of benzene rings is 2. The number of hydrogen-bond donors (Lipinski definition) is 0. The van der Waals surface area contributed by atoms with Gasteiger partial charge in [-0.3, -0.25) is 19.5 Å². The number of nitrogens with zero attached hydrogens (tertiary/aromatic N) is 4. The highest BCUT2D eigenvalue weighted by molar-refractivity contribution is 7.16. The summed E-state index contributed by atoms with van der Waals surface area (Å²) < 4.78 is 8.51. The number of amides is 1. The van der Waals surface area contributed by atoms with Crippen molar-refractivity contribution in [3.8, 4) is 12.3 Å². The van der Waals surface area contributed by atoms with E-state index in [0.717, 1.165) is 11.3 Å². The zero-order valence-electron chi connectivity index (χ0n) is 14.8. The molecule has 2 aromatic heterocycles. The first-order valence-electron chi connectivity index (χ1n) is 8.35. The average molecular weight is 408 g/mol. The van der Waals surface area contributed by atoms with Crippen LogP contribution in [-0.4, -0.2) is 20.0 Å². The van der Waals surface area contributed by atoms with Crippen LogP contribution in [0.3, 0.4) is 0 Å². The molecular weight excluding hydrogens is 396 g/mol. The number of nitro groups is 1. The van der Waals surface area contributed by atoms with Gasteiger partial charge < -0.3 is 8.98 Å². The Morgan fingerprint density at radius 3 is 2.79 bits per heavy atom. The Morgan fingerprint density at radius 2 is 2.03 bits per heavy atom. The Balaban J connectivity index is 1.78. The van der Waals surface area contributed by atoms with Crippen molar-refractivity contribution < 1.29 is 14.1 Å². The van der Waals surface area contributed by atoms with E-state index >= 15 is 0 Å². The van der Waals surface area contributed by atoms with E-state index in [1.165, 1.54) is 16.7 Å². The first kappa shape index (κ1) is 18.4. The zero-order valence-corrected chi connectivity index (χ0v) is 15.6. The van der Waals surface area contributed by atoms with Crippen LogP contribution in [0.15, 0.2) is 56.7 Å². The summed E-state index contributed by atoms with van der Waals surface area (Å²) in [5.74, 6) is 1.25. The van der Waals surface area contributed by atoms with Gasteiger partial charge in [0.15, 0.2) is 10.4 Å². The zero-order chi connectivity index (χ0) is 20.5. The number of thiazole rings is 1. The van der Waals surface area contributed by atoms with Gasteiger partial charge in [0.1, 0.15) is 6.54 Å².